The Bertz CT molecular complexity index is 847. The topological polar surface area (TPSA) is 73.1 Å². The molecule has 2 aliphatic rings. The number of fused-ring (bicyclic) bond motifs is 1. The minimum atomic E-state index is -0.584. The molecule has 0 aliphatic carbocycles. The molecule has 0 radical (unpaired) electrons. The van der Waals surface area contributed by atoms with Crippen LogP contribution in [-0.2, 0) is 0 Å². The highest BCUT2D eigenvalue weighted by Crippen LogP contribution is 2.34. The Hall–Kier alpha value is -3.01. The van der Waals surface area contributed by atoms with E-state index in [1.54, 1.807) is 17.2 Å². The molecule has 4 rings (SSSR count). The van der Waals surface area contributed by atoms with E-state index >= 15 is 0 Å². The Kier molecular flexibility index (Phi) is 3.80. The van der Waals surface area contributed by atoms with Gasteiger partial charge in [-0.1, -0.05) is 0 Å². The summed E-state index contributed by atoms with van der Waals surface area (Å²) in [6, 6.07) is 8.39. The molecule has 2 atom stereocenters. The Morgan fingerprint density at radius 3 is 2.88 bits per heavy atom. The minimum Gasteiger partial charge on any atom is -0.354 e. The molecule has 0 saturated carbocycles. The fourth-order valence-corrected chi connectivity index (χ4v) is 3.72. The first kappa shape index (κ1) is 15.5. The second-order valence-electron chi connectivity index (χ2n) is 6.37. The van der Waals surface area contributed by atoms with Gasteiger partial charge in [-0.15, -0.1) is 0 Å². The molecule has 0 spiro atoms. The lowest BCUT2D eigenvalue weighted by atomic mass is 10.1. The molecule has 2 aromatic rings. The number of likely N-dealkylation sites (tertiary alicyclic amines) is 1. The number of anilines is 1. The van der Waals surface area contributed by atoms with Gasteiger partial charge in [-0.2, -0.15) is 5.26 Å². The van der Waals surface area contributed by atoms with Crippen molar-refractivity contribution in [2.75, 3.05) is 24.5 Å². The van der Waals surface area contributed by atoms with Gasteiger partial charge in [0.25, 0.3) is 5.91 Å². The molecule has 2 aromatic heterocycles. The Morgan fingerprint density at radius 1 is 1.28 bits per heavy atom. The van der Waals surface area contributed by atoms with Crippen LogP contribution in [-0.4, -0.2) is 46.5 Å². The summed E-state index contributed by atoms with van der Waals surface area (Å²) in [6.45, 7) is 2.08. The van der Waals surface area contributed by atoms with Crippen LogP contribution in [0, 0.1) is 23.1 Å². The van der Waals surface area contributed by atoms with E-state index in [-0.39, 0.29) is 17.6 Å². The molecule has 2 aliphatic heterocycles. The largest absolute Gasteiger partial charge is 0.354 e. The fraction of sp³-hybridized carbons (Fsp3) is 0.333. The fourth-order valence-electron chi connectivity index (χ4n) is 3.72. The first-order valence-electron chi connectivity index (χ1n) is 8.20. The summed E-state index contributed by atoms with van der Waals surface area (Å²) in [5, 5.41) is 8.87. The van der Waals surface area contributed by atoms with Crippen LogP contribution in [0.4, 0.5) is 10.2 Å². The molecule has 25 heavy (non-hydrogen) atoms. The average Bonchev–Trinajstić information content (AvgIpc) is 3.22. The van der Waals surface area contributed by atoms with Crippen molar-refractivity contribution in [2.45, 2.75) is 12.5 Å². The molecule has 2 saturated heterocycles. The number of pyridine rings is 2. The van der Waals surface area contributed by atoms with Crippen molar-refractivity contribution in [3.8, 4) is 6.07 Å². The molecular formula is C18H16FN5O. The Balaban J connectivity index is 1.52. The number of nitrogens with zero attached hydrogens (tertiary/aromatic N) is 5. The summed E-state index contributed by atoms with van der Waals surface area (Å²) in [7, 11) is 0. The number of carbonyl (C=O) groups is 1. The van der Waals surface area contributed by atoms with Gasteiger partial charge < -0.3 is 9.80 Å². The summed E-state index contributed by atoms with van der Waals surface area (Å²) in [5.41, 5.74) is 0.406. The molecule has 4 heterocycles. The van der Waals surface area contributed by atoms with E-state index in [1.807, 2.05) is 6.07 Å². The van der Waals surface area contributed by atoms with Crippen LogP contribution in [0.2, 0.25) is 0 Å². The van der Waals surface area contributed by atoms with Crippen LogP contribution in [0.15, 0.2) is 36.7 Å². The zero-order valence-electron chi connectivity index (χ0n) is 13.5. The monoisotopic (exact) mass is 337 g/mol. The number of carbonyl (C=O) groups excluding carboxylic acids is 1. The van der Waals surface area contributed by atoms with Gasteiger partial charge in [0.15, 0.2) is 11.5 Å². The first-order valence-corrected chi connectivity index (χ1v) is 8.20. The van der Waals surface area contributed by atoms with Crippen molar-refractivity contribution < 1.29 is 9.18 Å². The quantitative estimate of drug-likeness (QED) is 0.836. The Morgan fingerprint density at radius 2 is 2.16 bits per heavy atom. The maximum Gasteiger partial charge on any atom is 0.275 e. The van der Waals surface area contributed by atoms with E-state index in [9.17, 15) is 9.18 Å². The second-order valence-corrected chi connectivity index (χ2v) is 6.37. The molecule has 1 amide bonds. The summed E-state index contributed by atoms with van der Waals surface area (Å²) < 4.78 is 13.9. The van der Waals surface area contributed by atoms with Crippen LogP contribution >= 0.6 is 0 Å². The van der Waals surface area contributed by atoms with Crippen molar-refractivity contribution in [2.24, 2.45) is 5.92 Å². The van der Waals surface area contributed by atoms with Gasteiger partial charge in [0.2, 0.25) is 0 Å². The highest BCUT2D eigenvalue weighted by molar-refractivity contribution is 5.93. The van der Waals surface area contributed by atoms with E-state index in [1.165, 1.54) is 18.3 Å². The summed E-state index contributed by atoms with van der Waals surface area (Å²) in [5.74, 6) is 0.206. The zero-order chi connectivity index (χ0) is 17.4. The first-order chi connectivity index (χ1) is 12.2. The summed E-state index contributed by atoms with van der Waals surface area (Å²) in [4.78, 5) is 24.8. The van der Waals surface area contributed by atoms with Crippen LogP contribution in [0.1, 0.15) is 22.5 Å². The lowest BCUT2D eigenvalue weighted by Crippen LogP contribution is -2.40. The molecule has 2 unspecified atom stereocenters. The smallest absolute Gasteiger partial charge is 0.275 e. The molecule has 6 nitrogen and oxygen atoms in total. The maximum absolute atomic E-state index is 13.9. The number of nitriles is 1. The van der Waals surface area contributed by atoms with Crippen LogP contribution < -0.4 is 4.90 Å². The average molecular weight is 337 g/mol. The van der Waals surface area contributed by atoms with Crippen molar-refractivity contribution in [3.05, 3.63) is 53.7 Å². The van der Waals surface area contributed by atoms with Crippen molar-refractivity contribution in [1.29, 1.82) is 5.26 Å². The number of hydrogen-bond acceptors (Lipinski definition) is 5. The van der Waals surface area contributed by atoms with Crippen molar-refractivity contribution >= 4 is 11.7 Å². The number of hydrogen-bond donors (Lipinski definition) is 0. The van der Waals surface area contributed by atoms with Crippen LogP contribution in [0.5, 0.6) is 0 Å². The van der Waals surface area contributed by atoms with E-state index in [2.05, 4.69) is 20.9 Å². The molecule has 7 heteroatoms. The van der Waals surface area contributed by atoms with Crippen LogP contribution in [0.25, 0.3) is 0 Å². The third-order valence-corrected chi connectivity index (χ3v) is 4.97. The molecule has 126 valence electrons. The molecule has 0 bridgehead atoms. The summed E-state index contributed by atoms with van der Waals surface area (Å²) >= 11 is 0. The third-order valence-electron chi connectivity index (χ3n) is 4.97. The van der Waals surface area contributed by atoms with Gasteiger partial charge in [-0.3, -0.25) is 4.79 Å². The molecule has 0 aromatic carbocycles. The van der Waals surface area contributed by atoms with Gasteiger partial charge in [0.05, 0.1) is 11.6 Å². The van der Waals surface area contributed by atoms with Gasteiger partial charge in [0, 0.05) is 37.9 Å². The normalized spacial score (nSPS) is 21.9. The lowest BCUT2D eigenvalue weighted by Gasteiger charge is -2.25. The second kappa shape index (κ2) is 6.13. The van der Waals surface area contributed by atoms with Gasteiger partial charge in [-0.25, -0.2) is 14.4 Å². The highest BCUT2D eigenvalue weighted by Gasteiger charge is 2.44. The van der Waals surface area contributed by atoms with E-state index in [0.717, 1.165) is 18.8 Å². The van der Waals surface area contributed by atoms with E-state index < -0.39 is 5.82 Å². The van der Waals surface area contributed by atoms with Crippen molar-refractivity contribution in [3.63, 3.8) is 0 Å². The predicted molar refractivity (Wildman–Crippen MR) is 88.3 cm³/mol. The minimum absolute atomic E-state index is 0.0337. The van der Waals surface area contributed by atoms with Gasteiger partial charge in [0.1, 0.15) is 11.9 Å². The number of rotatable bonds is 2. The number of halogens is 1. The molecule has 2 fully saturated rings. The van der Waals surface area contributed by atoms with Gasteiger partial charge >= 0.3 is 0 Å². The maximum atomic E-state index is 13.9. The SMILES string of the molecule is N#Cc1ccc(N2CC3CCN(C(=O)c4ncccc4F)C3C2)nc1. The predicted octanol–water partition coefficient (Wildman–Crippen LogP) is 1.84. The van der Waals surface area contributed by atoms with E-state index in [4.69, 9.17) is 5.26 Å². The van der Waals surface area contributed by atoms with Crippen molar-refractivity contribution in [1.82, 2.24) is 14.9 Å². The summed E-state index contributed by atoms with van der Waals surface area (Å²) in [6.07, 6.45) is 3.87. The lowest BCUT2D eigenvalue weighted by molar-refractivity contribution is 0.0727. The number of aromatic nitrogens is 2. The third kappa shape index (κ3) is 2.70. The zero-order valence-corrected chi connectivity index (χ0v) is 13.5. The Labute approximate surface area is 144 Å². The standard InChI is InChI=1S/C18H16FN5O/c19-14-2-1-6-21-17(14)18(25)24-7-5-13-10-23(11-15(13)24)16-4-3-12(8-20)9-22-16/h1-4,6,9,13,15H,5,7,10-11H2. The van der Waals surface area contributed by atoms with Gasteiger partial charge in [-0.05, 0) is 30.7 Å². The molecule has 0 N–H and O–H groups in total. The van der Waals surface area contributed by atoms with Crippen LogP contribution in [0.3, 0.4) is 0 Å². The number of amides is 1. The van der Waals surface area contributed by atoms with E-state index in [0.29, 0.717) is 24.6 Å². The molecular weight excluding hydrogens is 321 g/mol. The highest BCUT2D eigenvalue weighted by atomic mass is 19.1.